The largest absolute Gasteiger partial charge is 0.369 e. The van der Waals surface area contributed by atoms with Gasteiger partial charge in [0, 0.05) is 37.5 Å². The van der Waals surface area contributed by atoms with Crippen LogP contribution in [0.3, 0.4) is 0 Å². The van der Waals surface area contributed by atoms with Crippen LogP contribution in [0.1, 0.15) is 47.6 Å². The lowest BCUT2D eigenvalue weighted by Gasteiger charge is -2.36. The van der Waals surface area contributed by atoms with E-state index in [1.54, 1.807) is 11.3 Å². The van der Waals surface area contributed by atoms with E-state index >= 15 is 0 Å². The Hall–Kier alpha value is -2.49. The topological polar surface area (TPSA) is 94.8 Å². The summed E-state index contributed by atoms with van der Waals surface area (Å²) >= 11 is 1.60. The molecule has 178 valence electrons. The number of nitrogens with zero attached hydrogens (tertiary/aromatic N) is 4. The maximum absolute atomic E-state index is 13.0. The molecule has 1 aromatic heterocycles. The number of primary amides is 1. The zero-order valence-corrected chi connectivity index (χ0v) is 20.1. The number of nitrogens with two attached hydrogens (primary N) is 1. The van der Waals surface area contributed by atoms with Crippen LogP contribution < -0.4 is 16.0 Å². The van der Waals surface area contributed by atoms with Crippen LogP contribution in [0.25, 0.3) is 0 Å². The van der Waals surface area contributed by atoms with Gasteiger partial charge in [-0.25, -0.2) is 4.98 Å². The molecular weight excluding hydrogens is 436 g/mol. The number of hydrogen-bond acceptors (Lipinski definition) is 7. The molecule has 2 aliphatic rings. The first-order valence-electron chi connectivity index (χ1n) is 11.9. The predicted octanol–water partition coefficient (Wildman–Crippen LogP) is 2.59. The van der Waals surface area contributed by atoms with E-state index in [-0.39, 0.29) is 18.4 Å². The van der Waals surface area contributed by atoms with E-state index < -0.39 is 0 Å². The lowest BCUT2D eigenvalue weighted by molar-refractivity contribution is -0.119. The third-order valence-electron chi connectivity index (χ3n) is 6.48. The van der Waals surface area contributed by atoms with Gasteiger partial charge in [-0.1, -0.05) is 19.1 Å². The molecule has 1 aromatic carbocycles. The summed E-state index contributed by atoms with van der Waals surface area (Å²) in [6.45, 7) is 8.97. The summed E-state index contributed by atoms with van der Waals surface area (Å²) in [5.41, 5.74) is 7.59. The summed E-state index contributed by atoms with van der Waals surface area (Å²) in [7, 11) is 0. The molecule has 3 heterocycles. The molecular formula is C24H34N6O2S. The van der Waals surface area contributed by atoms with Crippen LogP contribution in [0.5, 0.6) is 0 Å². The normalized spacial score (nSPS) is 18.4. The number of anilines is 2. The molecule has 0 radical (unpaired) electrons. The Kier molecular flexibility index (Phi) is 7.95. The van der Waals surface area contributed by atoms with Crippen molar-refractivity contribution in [2.45, 2.75) is 32.1 Å². The highest BCUT2D eigenvalue weighted by Gasteiger charge is 2.25. The van der Waals surface area contributed by atoms with Gasteiger partial charge in [0.15, 0.2) is 0 Å². The molecule has 0 saturated carbocycles. The number of likely N-dealkylation sites (tertiary alicyclic amines) is 1. The van der Waals surface area contributed by atoms with Crippen molar-refractivity contribution in [3.8, 4) is 0 Å². The Morgan fingerprint density at radius 3 is 2.52 bits per heavy atom. The van der Waals surface area contributed by atoms with E-state index in [0.29, 0.717) is 11.6 Å². The van der Waals surface area contributed by atoms with Crippen LogP contribution in [0, 0.1) is 0 Å². The maximum atomic E-state index is 13.0. The Balaban J connectivity index is 1.37. The van der Waals surface area contributed by atoms with Crippen LogP contribution in [-0.2, 0) is 4.79 Å². The number of carbonyl (C=O) groups is 2. The lowest BCUT2D eigenvalue weighted by Crippen LogP contribution is -2.49. The number of amides is 2. The standard InChI is InChI=1S/C24H34N6O2S/c1-2-9-28-10-7-18(8-11-28)24-27-20(17-33-24)23(32)26-19-5-3-4-6-21(19)30-14-12-29(13-15-30)16-22(25)31/h3-6,17-18H,2,7-16H2,1H3,(H2,25,31)(H,26,32). The van der Waals surface area contributed by atoms with Crippen LogP contribution in [0.2, 0.25) is 0 Å². The molecule has 33 heavy (non-hydrogen) atoms. The lowest BCUT2D eigenvalue weighted by atomic mass is 9.97. The Bertz CT molecular complexity index is 948. The van der Waals surface area contributed by atoms with Crippen molar-refractivity contribution in [2.75, 3.05) is 62.6 Å². The van der Waals surface area contributed by atoms with E-state index in [0.717, 1.165) is 75.0 Å². The molecule has 8 nitrogen and oxygen atoms in total. The van der Waals surface area contributed by atoms with Gasteiger partial charge in [0.05, 0.1) is 22.9 Å². The quantitative estimate of drug-likeness (QED) is 0.616. The van der Waals surface area contributed by atoms with Gasteiger partial charge in [0.2, 0.25) is 5.91 Å². The third kappa shape index (κ3) is 6.10. The van der Waals surface area contributed by atoms with Crippen molar-refractivity contribution in [3.05, 3.63) is 40.3 Å². The van der Waals surface area contributed by atoms with Crippen molar-refractivity contribution >= 4 is 34.5 Å². The minimum absolute atomic E-state index is 0.166. The van der Waals surface area contributed by atoms with E-state index in [2.05, 4.69) is 26.9 Å². The SMILES string of the molecule is CCCN1CCC(c2nc(C(=O)Nc3ccccc3N3CCN(CC(N)=O)CC3)cs2)CC1. The highest BCUT2D eigenvalue weighted by molar-refractivity contribution is 7.10. The molecule has 0 aliphatic carbocycles. The fourth-order valence-corrected chi connectivity index (χ4v) is 5.68. The van der Waals surface area contributed by atoms with Crippen LogP contribution >= 0.6 is 11.3 Å². The number of para-hydroxylation sites is 2. The molecule has 0 bridgehead atoms. The van der Waals surface area contributed by atoms with Crippen LogP contribution in [-0.4, -0.2) is 79.0 Å². The molecule has 0 atom stereocenters. The van der Waals surface area contributed by atoms with Crippen molar-refractivity contribution in [2.24, 2.45) is 5.73 Å². The van der Waals surface area contributed by atoms with Gasteiger partial charge < -0.3 is 20.9 Å². The summed E-state index contributed by atoms with van der Waals surface area (Å²) in [4.78, 5) is 35.7. The van der Waals surface area contributed by atoms with Crippen molar-refractivity contribution < 1.29 is 9.59 Å². The van der Waals surface area contributed by atoms with Gasteiger partial charge in [0.25, 0.3) is 5.91 Å². The molecule has 2 fully saturated rings. The van der Waals surface area contributed by atoms with Gasteiger partial charge in [-0.15, -0.1) is 11.3 Å². The first-order valence-corrected chi connectivity index (χ1v) is 12.7. The number of hydrogen-bond donors (Lipinski definition) is 2. The Labute approximate surface area is 199 Å². The van der Waals surface area contributed by atoms with Gasteiger partial charge in [-0.05, 0) is 51.0 Å². The van der Waals surface area contributed by atoms with Gasteiger partial charge >= 0.3 is 0 Å². The van der Waals surface area contributed by atoms with Gasteiger partial charge in [-0.3, -0.25) is 14.5 Å². The van der Waals surface area contributed by atoms with Crippen molar-refractivity contribution in [1.29, 1.82) is 0 Å². The number of piperazine rings is 1. The van der Waals surface area contributed by atoms with E-state index in [1.807, 2.05) is 29.6 Å². The number of benzene rings is 1. The molecule has 2 amide bonds. The van der Waals surface area contributed by atoms with Crippen molar-refractivity contribution in [3.63, 3.8) is 0 Å². The minimum Gasteiger partial charge on any atom is -0.369 e. The molecule has 9 heteroatoms. The number of rotatable bonds is 8. The molecule has 0 spiro atoms. The second kappa shape index (κ2) is 11.1. The van der Waals surface area contributed by atoms with Crippen LogP contribution in [0.4, 0.5) is 11.4 Å². The summed E-state index contributed by atoms with van der Waals surface area (Å²) < 4.78 is 0. The average molecular weight is 471 g/mol. The van der Waals surface area contributed by atoms with Crippen LogP contribution in [0.15, 0.2) is 29.6 Å². The number of aromatic nitrogens is 1. The number of thiazole rings is 1. The second-order valence-electron chi connectivity index (χ2n) is 8.89. The number of carbonyl (C=O) groups excluding carboxylic acids is 2. The smallest absolute Gasteiger partial charge is 0.275 e. The fourth-order valence-electron chi connectivity index (χ4n) is 4.71. The summed E-state index contributed by atoms with van der Waals surface area (Å²) in [5.74, 6) is -0.0142. The maximum Gasteiger partial charge on any atom is 0.275 e. The predicted molar refractivity (Wildman–Crippen MR) is 133 cm³/mol. The Morgan fingerprint density at radius 1 is 1.09 bits per heavy atom. The fraction of sp³-hybridized carbons (Fsp3) is 0.542. The average Bonchev–Trinajstić information content (AvgIpc) is 3.31. The summed E-state index contributed by atoms with van der Waals surface area (Å²) in [5, 5.41) is 6.04. The van der Waals surface area contributed by atoms with E-state index in [4.69, 9.17) is 10.7 Å². The zero-order valence-electron chi connectivity index (χ0n) is 19.3. The summed E-state index contributed by atoms with van der Waals surface area (Å²) in [6, 6.07) is 7.86. The summed E-state index contributed by atoms with van der Waals surface area (Å²) in [6.07, 6.45) is 3.41. The minimum atomic E-state index is -0.301. The Morgan fingerprint density at radius 2 is 1.82 bits per heavy atom. The zero-order chi connectivity index (χ0) is 23.2. The first-order chi connectivity index (χ1) is 16.0. The molecule has 2 saturated heterocycles. The molecule has 0 unspecified atom stereocenters. The highest BCUT2D eigenvalue weighted by Crippen LogP contribution is 2.31. The molecule has 4 rings (SSSR count). The molecule has 2 aliphatic heterocycles. The second-order valence-corrected chi connectivity index (χ2v) is 9.78. The number of piperidine rings is 1. The first kappa shape index (κ1) is 23.7. The monoisotopic (exact) mass is 470 g/mol. The van der Waals surface area contributed by atoms with E-state index in [1.165, 1.54) is 6.42 Å². The highest BCUT2D eigenvalue weighted by atomic mass is 32.1. The van der Waals surface area contributed by atoms with Crippen molar-refractivity contribution in [1.82, 2.24) is 14.8 Å². The third-order valence-corrected chi connectivity index (χ3v) is 7.48. The molecule has 3 N–H and O–H groups in total. The van der Waals surface area contributed by atoms with Gasteiger partial charge in [0.1, 0.15) is 5.69 Å². The molecule has 2 aromatic rings. The number of nitrogens with one attached hydrogen (secondary N) is 1. The van der Waals surface area contributed by atoms with E-state index in [9.17, 15) is 9.59 Å². The van der Waals surface area contributed by atoms with Gasteiger partial charge in [-0.2, -0.15) is 0 Å².